The SMILES string of the molecule is CCCCSc1nnc(OCCCCOc2nnc(OCCCCOc3nnc(SCCCC)nn3)nn2)nn1. The van der Waals surface area contributed by atoms with Crippen molar-refractivity contribution in [1.29, 1.82) is 0 Å². The average Bonchev–Trinajstić information content (AvgIpc) is 2.99. The lowest BCUT2D eigenvalue weighted by Gasteiger charge is -2.06. The summed E-state index contributed by atoms with van der Waals surface area (Å²) in [6.07, 6.45) is 7.28. The van der Waals surface area contributed by atoms with Gasteiger partial charge in [-0.2, -0.15) is 0 Å². The van der Waals surface area contributed by atoms with E-state index in [1.807, 2.05) is 0 Å². The van der Waals surface area contributed by atoms with Crippen molar-refractivity contribution in [3.8, 4) is 24.0 Å². The Balaban J connectivity index is 1.17. The van der Waals surface area contributed by atoms with Gasteiger partial charge in [-0.3, -0.25) is 0 Å². The van der Waals surface area contributed by atoms with Crippen LogP contribution in [0.4, 0.5) is 0 Å². The summed E-state index contributed by atoms with van der Waals surface area (Å²) < 4.78 is 21.8. The number of thioether (sulfide) groups is 2. The fourth-order valence-electron chi connectivity index (χ4n) is 2.66. The highest BCUT2D eigenvalue weighted by molar-refractivity contribution is 7.99. The average molecular weight is 595 g/mol. The minimum atomic E-state index is 0.0755. The molecular formula is C22H34N12O4S2. The van der Waals surface area contributed by atoms with Crippen LogP contribution >= 0.6 is 23.5 Å². The van der Waals surface area contributed by atoms with Crippen LogP contribution < -0.4 is 18.9 Å². The van der Waals surface area contributed by atoms with E-state index < -0.39 is 0 Å². The molecule has 0 bridgehead atoms. The van der Waals surface area contributed by atoms with Gasteiger partial charge in [0.05, 0.1) is 26.4 Å². The molecule has 40 heavy (non-hydrogen) atoms. The highest BCUT2D eigenvalue weighted by Crippen LogP contribution is 2.14. The zero-order valence-electron chi connectivity index (χ0n) is 22.7. The molecule has 3 aromatic heterocycles. The van der Waals surface area contributed by atoms with Crippen LogP contribution in [0, 0.1) is 0 Å². The van der Waals surface area contributed by atoms with Crippen molar-refractivity contribution in [3.05, 3.63) is 0 Å². The van der Waals surface area contributed by atoms with E-state index >= 15 is 0 Å². The maximum absolute atomic E-state index is 5.45. The molecule has 0 aromatic carbocycles. The lowest BCUT2D eigenvalue weighted by molar-refractivity contribution is 0.224. The lowest BCUT2D eigenvalue weighted by atomic mass is 10.3. The van der Waals surface area contributed by atoms with Gasteiger partial charge in [-0.15, -0.1) is 20.4 Å². The zero-order valence-corrected chi connectivity index (χ0v) is 24.3. The van der Waals surface area contributed by atoms with E-state index in [2.05, 4.69) is 75.0 Å². The minimum absolute atomic E-state index is 0.0755. The monoisotopic (exact) mass is 594 g/mol. The third-order valence-electron chi connectivity index (χ3n) is 4.79. The van der Waals surface area contributed by atoms with Gasteiger partial charge in [0, 0.05) is 11.5 Å². The van der Waals surface area contributed by atoms with Gasteiger partial charge in [0.25, 0.3) is 0 Å². The van der Waals surface area contributed by atoms with Crippen LogP contribution in [0.5, 0.6) is 24.0 Å². The molecule has 0 saturated carbocycles. The predicted molar refractivity (Wildman–Crippen MR) is 145 cm³/mol. The van der Waals surface area contributed by atoms with Crippen LogP contribution in [0.25, 0.3) is 0 Å². The van der Waals surface area contributed by atoms with Crippen molar-refractivity contribution in [2.24, 2.45) is 0 Å². The molecule has 0 fully saturated rings. The first kappa shape index (κ1) is 31.3. The highest BCUT2D eigenvalue weighted by Gasteiger charge is 2.06. The molecule has 16 nitrogen and oxygen atoms in total. The number of aromatic nitrogens is 12. The van der Waals surface area contributed by atoms with E-state index in [0.717, 1.165) is 37.2 Å². The number of hydrogen-bond acceptors (Lipinski definition) is 18. The molecule has 0 atom stereocenters. The normalized spacial score (nSPS) is 10.8. The maximum atomic E-state index is 5.45. The number of ether oxygens (including phenoxy) is 4. The summed E-state index contributed by atoms with van der Waals surface area (Å²) in [5, 5.41) is 48.3. The van der Waals surface area contributed by atoms with Gasteiger partial charge in [0.15, 0.2) is 0 Å². The van der Waals surface area contributed by atoms with Gasteiger partial charge in [-0.25, -0.2) is 0 Å². The Kier molecular flexibility index (Phi) is 15.4. The largest absolute Gasteiger partial charge is 0.461 e. The Hall–Kier alpha value is -3.28. The number of rotatable bonds is 22. The lowest BCUT2D eigenvalue weighted by Crippen LogP contribution is -2.10. The third-order valence-corrected chi connectivity index (χ3v) is 6.62. The molecule has 0 saturated heterocycles. The third kappa shape index (κ3) is 13.2. The Morgan fingerprint density at radius 3 is 0.950 bits per heavy atom. The van der Waals surface area contributed by atoms with Crippen molar-refractivity contribution in [3.63, 3.8) is 0 Å². The van der Waals surface area contributed by atoms with Gasteiger partial charge in [0.1, 0.15) is 0 Å². The number of nitrogens with zero attached hydrogens (tertiary/aromatic N) is 12. The Morgan fingerprint density at radius 1 is 0.400 bits per heavy atom. The molecule has 0 aliphatic rings. The minimum Gasteiger partial charge on any atom is -0.461 e. The Bertz CT molecular complexity index is 971. The van der Waals surface area contributed by atoms with Gasteiger partial charge in [0.2, 0.25) is 10.3 Å². The van der Waals surface area contributed by atoms with Crippen molar-refractivity contribution in [1.82, 2.24) is 61.2 Å². The van der Waals surface area contributed by atoms with Crippen molar-refractivity contribution < 1.29 is 18.9 Å². The topological polar surface area (TPSA) is 192 Å². The quantitative estimate of drug-likeness (QED) is 0.122. The van der Waals surface area contributed by atoms with Crippen LogP contribution in [-0.4, -0.2) is 99.1 Å². The Labute approximate surface area is 241 Å². The standard InChI is InChI=1S/C22H34N12O4S2/c1-3-5-15-39-21-31-27-19(28-32-21)37-13-9-7-11-35-17-23-25-18(26-24-17)36-12-8-10-14-38-20-29-33-22(34-30-20)40-16-6-4-2/h3-16H2,1-2H3. The van der Waals surface area contributed by atoms with E-state index in [1.54, 1.807) is 0 Å². The van der Waals surface area contributed by atoms with Gasteiger partial charge < -0.3 is 18.9 Å². The van der Waals surface area contributed by atoms with E-state index in [0.29, 0.717) is 62.4 Å². The first-order valence-electron chi connectivity index (χ1n) is 13.3. The Morgan fingerprint density at radius 2 is 0.675 bits per heavy atom. The molecule has 3 aromatic rings. The van der Waals surface area contributed by atoms with E-state index in [-0.39, 0.29) is 24.0 Å². The van der Waals surface area contributed by atoms with E-state index in [4.69, 9.17) is 18.9 Å². The summed E-state index contributed by atoms with van der Waals surface area (Å²) in [4.78, 5) is 0. The molecule has 0 aliphatic heterocycles. The maximum Gasteiger partial charge on any atom is 0.355 e. The van der Waals surface area contributed by atoms with Crippen molar-refractivity contribution in [2.45, 2.75) is 75.5 Å². The van der Waals surface area contributed by atoms with Crippen LogP contribution in [0.3, 0.4) is 0 Å². The van der Waals surface area contributed by atoms with Crippen LogP contribution in [-0.2, 0) is 0 Å². The molecule has 0 unspecified atom stereocenters. The molecule has 0 amide bonds. The first-order valence-corrected chi connectivity index (χ1v) is 15.2. The molecule has 0 spiro atoms. The van der Waals surface area contributed by atoms with Crippen molar-refractivity contribution in [2.75, 3.05) is 37.9 Å². The number of unbranched alkanes of at least 4 members (excludes halogenated alkanes) is 4. The molecule has 218 valence electrons. The highest BCUT2D eigenvalue weighted by atomic mass is 32.2. The second kappa shape index (κ2) is 19.7. The molecule has 0 N–H and O–H groups in total. The summed E-state index contributed by atoms with van der Waals surface area (Å²) in [7, 11) is 0. The summed E-state index contributed by atoms with van der Waals surface area (Å²) >= 11 is 3.07. The first-order chi connectivity index (χ1) is 19.8. The fraction of sp³-hybridized carbons (Fsp3) is 0.727. The van der Waals surface area contributed by atoms with Gasteiger partial charge in [-0.05, 0) is 38.5 Å². The van der Waals surface area contributed by atoms with Gasteiger partial charge >= 0.3 is 24.0 Å². The van der Waals surface area contributed by atoms with Crippen molar-refractivity contribution >= 4 is 23.5 Å². The summed E-state index contributed by atoms with van der Waals surface area (Å²) in [5.74, 6) is 1.89. The summed E-state index contributed by atoms with van der Waals surface area (Å²) in [6, 6.07) is 0.468. The van der Waals surface area contributed by atoms with Gasteiger partial charge in [-0.1, -0.05) is 91.0 Å². The summed E-state index contributed by atoms with van der Waals surface area (Å²) in [5.41, 5.74) is 0. The van der Waals surface area contributed by atoms with Crippen LogP contribution in [0.15, 0.2) is 10.3 Å². The zero-order chi connectivity index (χ0) is 28.1. The number of hydrogen-bond donors (Lipinski definition) is 0. The summed E-state index contributed by atoms with van der Waals surface area (Å²) in [6.45, 7) is 5.86. The molecule has 18 heteroatoms. The fourth-order valence-corrected chi connectivity index (χ4v) is 4.28. The predicted octanol–water partition coefficient (Wildman–Crippen LogP) is 2.69. The van der Waals surface area contributed by atoms with Crippen LogP contribution in [0.1, 0.15) is 65.2 Å². The molecule has 3 heterocycles. The van der Waals surface area contributed by atoms with E-state index in [9.17, 15) is 0 Å². The van der Waals surface area contributed by atoms with E-state index in [1.165, 1.54) is 23.5 Å². The molecular weight excluding hydrogens is 560 g/mol. The molecule has 0 aliphatic carbocycles. The second-order valence-corrected chi connectivity index (χ2v) is 10.2. The second-order valence-electron chi connectivity index (χ2n) is 8.11. The molecule has 3 rings (SSSR count). The van der Waals surface area contributed by atoms with Crippen LogP contribution in [0.2, 0.25) is 0 Å². The smallest absolute Gasteiger partial charge is 0.355 e. The molecule has 0 radical (unpaired) electrons.